The Morgan fingerprint density at radius 3 is 1.44 bits per heavy atom. The summed E-state index contributed by atoms with van der Waals surface area (Å²) >= 11 is 0. The average molecular weight is 254 g/mol. The van der Waals surface area contributed by atoms with Crippen molar-refractivity contribution < 1.29 is 9.78 Å². The number of rotatable bonds is 3. The second-order valence-electron chi connectivity index (χ2n) is 7.96. The van der Waals surface area contributed by atoms with Gasteiger partial charge in [-0.05, 0) is 49.4 Å². The first-order valence-electron chi connectivity index (χ1n) is 7.69. The average Bonchev–Trinajstić information content (AvgIpc) is 2.24. The largest absolute Gasteiger partial charge is 0.233 e. The van der Waals surface area contributed by atoms with Crippen molar-refractivity contribution in [3.05, 3.63) is 0 Å². The minimum atomic E-state index is 0.318. The van der Waals surface area contributed by atoms with Gasteiger partial charge in [0.15, 0.2) is 0 Å². The number of hydrogen-bond acceptors (Lipinski definition) is 2. The Labute approximate surface area is 112 Å². The van der Waals surface area contributed by atoms with Crippen LogP contribution in [0, 0.1) is 10.8 Å². The first-order chi connectivity index (χ1) is 8.36. The molecule has 2 nitrogen and oxygen atoms in total. The van der Waals surface area contributed by atoms with Crippen molar-refractivity contribution in [1.82, 2.24) is 0 Å². The summed E-state index contributed by atoms with van der Waals surface area (Å²) in [6, 6.07) is 0. The SMILES string of the molecule is CC1(C)CCCC(OOC2CCCC(C)(C)C2)C1. The van der Waals surface area contributed by atoms with Crippen LogP contribution in [0.2, 0.25) is 0 Å². The molecular weight excluding hydrogens is 224 g/mol. The van der Waals surface area contributed by atoms with E-state index in [4.69, 9.17) is 9.78 Å². The highest BCUT2D eigenvalue weighted by Gasteiger charge is 2.32. The Morgan fingerprint density at radius 2 is 1.11 bits per heavy atom. The zero-order chi connectivity index (χ0) is 13.2. The molecule has 0 aromatic carbocycles. The van der Waals surface area contributed by atoms with E-state index >= 15 is 0 Å². The lowest BCUT2D eigenvalue weighted by Crippen LogP contribution is -2.32. The van der Waals surface area contributed by atoms with E-state index in [2.05, 4.69) is 27.7 Å². The summed E-state index contributed by atoms with van der Waals surface area (Å²) in [4.78, 5) is 11.5. The first-order valence-corrected chi connectivity index (χ1v) is 7.69. The summed E-state index contributed by atoms with van der Waals surface area (Å²) < 4.78 is 0. The van der Waals surface area contributed by atoms with E-state index in [0.29, 0.717) is 23.0 Å². The zero-order valence-electron chi connectivity index (χ0n) is 12.6. The van der Waals surface area contributed by atoms with Crippen LogP contribution in [0.15, 0.2) is 0 Å². The molecule has 0 aliphatic heterocycles. The Balaban J connectivity index is 1.74. The second-order valence-corrected chi connectivity index (χ2v) is 7.96. The zero-order valence-corrected chi connectivity index (χ0v) is 12.6. The van der Waals surface area contributed by atoms with Gasteiger partial charge in [0.05, 0.1) is 12.2 Å². The highest BCUT2D eigenvalue weighted by atomic mass is 17.2. The molecule has 0 spiro atoms. The van der Waals surface area contributed by atoms with Gasteiger partial charge in [-0.25, -0.2) is 9.78 Å². The van der Waals surface area contributed by atoms with Crippen LogP contribution < -0.4 is 0 Å². The summed E-state index contributed by atoms with van der Waals surface area (Å²) in [7, 11) is 0. The molecular formula is C16H30O2. The monoisotopic (exact) mass is 254 g/mol. The molecule has 0 heterocycles. The van der Waals surface area contributed by atoms with E-state index in [1.165, 1.54) is 38.5 Å². The second kappa shape index (κ2) is 5.50. The van der Waals surface area contributed by atoms with Gasteiger partial charge in [0.1, 0.15) is 0 Å². The van der Waals surface area contributed by atoms with E-state index in [1.807, 2.05) is 0 Å². The van der Waals surface area contributed by atoms with Crippen LogP contribution in [0.5, 0.6) is 0 Å². The van der Waals surface area contributed by atoms with Gasteiger partial charge in [0.25, 0.3) is 0 Å². The van der Waals surface area contributed by atoms with Gasteiger partial charge in [-0.15, -0.1) is 0 Å². The Bertz CT molecular complexity index is 242. The van der Waals surface area contributed by atoms with Crippen molar-refractivity contribution in [3.63, 3.8) is 0 Å². The van der Waals surface area contributed by atoms with Crippen molar-refractivity contribution in [2.45, 2.75) is 91.3 Å². The minimum Gasteiger partial charge on any atom is -0.233 e. The molecule has 2 unspecified atom stereocenters. The van der Waals surface area contributed by atoms with E-state index in [0.717, 1.165) is 12.8 Å². The summed E-state index contributed by atoms with van der Waals surface area (Å²) in [5, 5.41) is 0. The maximum Gasteiger partial charge on any atom is 0.0935 e. The molecule has 2 aliphatic rings. The Morgan fingerprint density at radius 1 is 0.722 bits per heavy atom. The van der Waals surface area contributed by atoms with Crippen LogP contribution in [0.3, 0.4) is 0 Å². The van der Waals surface area contributed by atoms with Crippen LogP contribution in [-0.2, 0) is 9.78 Å². The summed E-state index contributed by atoms with van der Waals surface area (Å²) in [5.41, 5.74) is 0.857. The summed E-state index contributed by atoms with van der Waals surface area (Å²) in [6.45, 7) is 9.36. The minimum absolute atomic E-state index is 0.318. The molecule has 2 fully saturated rings. The quantitative estimate of drug-likeness (QED) is 0.528. The van der Waals surface area contributed by atoms with Crippen molar-refractivity contribution in [1.29, 1.82) is 0 Å². The predicted octanol–water partition coefficient (Wildman–Crippen LogP) is 4.87. The van der Waals surface area contributed by atoms with E-state index in [-0.39, 0.29) is 0 Å². The summed E-state index contributed by atoms with van der Waals surface area (Å²) in [6.07, 6.45) is 10.4. The topological polar surface area (TPSA) is 18.5 Å². The van der Waals surface area contributed by atoms with Gasteiger partial charge < -0.3 is 0 Å². The normalized spacial score (nSPS) is 35.3. The van der Waals surface area contributed by atoms with Crippen LogP contribution in [0.4, 0.5) is 0 Å². The lowest BCUT2D eigenvalue weighted by molar-refractivity contribution is -0.364. The lowest BCUT2D eigenvalue weighted by Gasteiger charge is -2.37. The molecule has 0 radical (unpaired) electrons. The van der Waals surface area contributed by atoms with Crippen molar-refractivity contribution >= 4 is 0 Å². The predicted molar refractivity (Wildman–Crippen MR) is 74.2 cm³/mol. The van der Waals surface area contributed by atoms with Crippen molar-refractivity contribution in [2.75, 3.05) is 0 Å². The third-order valence-corrected chi connectivity index (χ3v) is 4.65. The fourth-order valence-corrected chi connectivity index (χ4v) is 3.58. The Kier molecular flexibility index (Phi) is 4.38. The van der Waals surface area contributed by atoms with Gasteiger partial charge in [-0.1, -0.05) is 40.5 Å². The van der Waals surface area contributed by atoms with Crippen LogP contribution in [-0.4, -0.2) is 12.2 Å². The van der Waals surface area contributed by atoms with Crippen LogP contribution >= 0.6 is 0 Å². The van der Waals surface area contributed by atoms with Gasteiger partial charge in [-0.3, -0.25) is 0 Å². The molecule has 0 saturated heterocycles. The Hall–Kier alpha value is -0.0800. The standard InChI is InChI=1S/C16H30O2/c1-15(2)9-5-7-13(11-15)17-18-14-8-6-10-16(3,4)12-14/h13-14H,5-12H2,1-4H3. The van der Waals surface area contributed by atoms with E-state index < -0.39 is 0 Å². The third-order valence-electron chi connectivity index (χ3n) is 4.65. The van der Waals surface area contributed by atoms with Gasteiger partial charge in [-0.2, -0.15) is 0 Å². The highest BCUT2D eigenvalue weighted by Crippen LogP contribution is 2.39. The molecule has 0 aromatic rings. The molecule has 2 aliphatic carbocycles. The fourth-order valence-electron chi connectivity index (χ4n) is 3.58. The molecule has 2 saturated carbocycles. The van der Waals surface area contributed by atoms with Crippen LogP contribution in [0.25, 0.3) is 0 Å². The molecule has 18 heavy (non-hydrogen) atoms. The fraction of sp³-hybridized carbons (Fsp3) is 1.00. The first kappa shape index (κ1) is 14.3. The molecule has 0 amide bonds. The molecule has 106 valence electrons. The third kappa shape index (κ3) is 4.24. The molecule has 0 aromatic heterocycles. The molecule has 2 rings (SSSR count). The van der Waals surface area contributed by atoms with Crippen molar-refractivity contribution in [2.24, 2.45) is 10.8 Å². The summed E-state index contributed by atoms with van der Waals surface area (Å²) in [5.74, 6) is 0. The molecule has 2 heteroatoms. The molecule has 0 bridgehead atoms. The maximum atomic E-state index is 5.75. The molecule has 0 N–H and O–H groups in total. The molecule has 2 atom stereocenters. The smallest absolute Gasteiger partial charge is 0.0935 e. The van der Waals surface area contributed by atoms with Crippen LogP contribution in [0.1, 0.15) is 79.1 Å². The van der Waals surface area contributed by atoms with Gasteiger partial charge in [0, 0.05) is 0 Å². The lowest BCUT2D eigenvalue weighted by atomic mass is 9.76. The van der Waals surface area contributed by atoms with E-state index in [9.17, 15) is 0 Å². The maximum absolute atomic E-state index is 5.75. The van der Waals surface area contributed by atoms with Gasteiger partial charge >= 0.3 is 0 Å². The van der Waals surface area contributed by atoms with E-state index in [1.54, 1.807) is 0 Å². The number of hydrogen-bond donors (Lipinski definition) is 0. The van der Waals surface area contributed by atoms with Gasteiger partial charge in [0.2, 0.25) is 0 Å². The van der Waals surface area contributed by atoms with Crippen molar-refractivity contribution in [3.8, 4) is 0 Å². The highest BCUT2D eigenvalue weighted by molar-refractivity contribution is 4.81.